The quantitative estimate of drug-likeness (QED) is 0.834. The third-order valence-corrected chi connectivity index (χ3v) is 3.57. The highest BCUT2D eigenvalue weighted by Gasteiger charge is 2.15. The lowest BCUT2D eigenvalue weighted by atomic mass is 10.0. The zero-order valence-corrected chi connectivity index (χ0v) is 9.97. The number of nitrogens with one attached hydrogen (secondary N) is 1. The number of aromatic nitrogens is 1. The molecular weight excluding hydrogens is 240 g/mol. The van der Waals surface area contributed by atoms with Gasteiger partial charge < -0.3 is 5.32 Å². The van der Waals surface area contributed by atoms with Crippen LogP contribution in [0.1, 0.15) is 36.6 Å². The van der Waals surface area contributed by atoms with E-state index in [1.165, 1.54) is 30.5 Å². The molecule has 1 aliphatic rings. The molecule has 0 unspecified atom stereocenters. The van der Waals surface area contributed by atoms with Crippen LogP contribution in [-0.4, -0.2) is 11.5 Å². The summed E-state index contributed by atoms with van der Waals surface area (Å²) in [6.45, 7) is 3.24. The average molecular weight is 255 g/mol. The standard InChI is InChI=1S/C11H15BrN2/c1-8-6-11(14-7-9(8)12)10-4-2-3-5-13-10/h6-7,10,13H,2-5H2,1H3/t10-/m0/s1. The zero-order valence-electron chi connectivity index (χ0n) is 8.39. The van der Waals surface area contributed by atoms with Gasteiger partial charge >= 0.3 is 0 Å². The Morgan fingerprint density at radius 1 is 1.50 bits per heavy atom. The molecular formula is C11H15BrN2. The topological polar surface area (TPSA) is 24.9 Å². The van der Waals surface area contributed by atoms with Gasteiger partial charge in [-0.25, -0.2) is 0 Å². The zero-order chi connectivity index (χ0) is 9.97. The number of rotatable bonds is 1. The monoisotopic (exact) mass is 254 g/mol. The molecule has 1 fully saturated rings. The fourth-order valence-electron chi connectivity index (χ4n) is 1.86. The molecule has 0 amide bonds. The highest BCUT2D eigenvalue weighted by molar-refractivity contribution is 9.10. The van der Waals surface area contributed by atoms with E-state index >= 15 is 0 Å². The molecule has 0 bridgehead atoms. The van der Waals surface area contributed by atoms with Gasteiger partial charge in [-0.1, -0.05) is 6.42 Å². The van der Waals surface area contributed by atoms with Crippen molar-refractivity contribution in [2.75, 3.05) is 6.54 Å². The summed E-state index contributed by atoms with van der Waals surface area (Å²) >= 11 is 3.47. The minimum atomic E-state index is 0.468. The van der Waals surface area contributed by atoms with Gasteiger partial charge in [-0.2, -0.15) is 0 Å². The van der Waals surface area contributed by atoms with Crippen LogP contribution >= 0.6 is 15.9 Å². The van der Waals surface area contributed by atoms with Crippen molar-refractivity contribution in [1.82, 2.24) is 10.3 Å². The van der Waals surface area contributed by atoms with Crippen LogP contribution in [0.25, 0.3) is 0 Å². The predicted octanol–water partition coefficient (Wildman–Crippen LogP) is 2.97. The van der Waals surface area contributed by atoms with Gasteiger partial charge in [0.2, 0.25) is 0 Å². The Labute approximate surface area is 93.3 Å². The Hall–Kier alpha value is -0.410. The Balaban J connectivity index is 2.18. The summed E-state index contributed by atoms with van der Waals surface area (Å²) in [5, 5.41) is 3.50. The van der Waals surface area contributed by atoms with Gasteiger partial charge in [-0.05, 0) is 53.9 Å². The molecule has 1 aromatic rings. The molecule has 1 aromatic heterocycles. The lowest BCUT2D eigenvalue weighted by molar-refractivity contribution is 0.405. The molecule has 1 aliphatic heterocycles. The molecule has 2 nitrogen and oxygen atoms in total. The molecule has 2 heterocycles. The maximum Gasteiger partial charge on any atom is 0.0576 e. The van der Waals surface area contributed by atoms with Crippen LogP contribution in [0.2, 0.25) is 0 Å². The lowest BCUT2D eigenvalue weighted by Gasteiger charge is -2.23. The molecule has 0 saturated carbocycles. The van der Waals surface area contributed by atoms with Crippen molar-refractivity contribution in [3.8, 4) is 0 Å². The number of hydrogen-bond acceptors (Lipinski definition) is 2. The molecule has 1 N–H and O–H groups in total. The smallest absolute Gasteiger partial charge is 0.0576 e. The Bertz CT molecular complexity index is 319. The van der Waals surface area contributed by atoms with E-state index in [9.17, 15) is 0 Å². The Morgan fingerprint density at radius 2 is 2.36 bits per heavy atom. The molecule has 14 heavy (non-hydrogen) atoms. The van der Waals surface area contributed by atoms with Crippen molar-refractivity contribution in [3.05, 3.63) is 28.0 Å². The molecule has 1 atom stereocenters. The van der Waals surface area contributed by atoms with E-state index in [1.807, 2.05) is 6.20 Å². The van der Waals surface area contributed by atoms with Crippen molar-refractivity contribution in [2.45, 2.75) is 32.2 Å². The Morgan fingerprint density at radius 3 is 3.00 bits per heavy atom. The van der Waals surface area contributed by atoms with E-state index in [-0.39, 0.29) is 0 Å². The summed E-state index contributed by atoms with van der Waals surface area (Å²) in [4.78, 5) is 4.45. The summed E-state index contributed by atoms with van der Waals surface area (Å²) in [7, 11) is 0. The highest BCUT2D eigenvalue weighted by atomic mass is 79.9. The van der Waals surface area contributed by atoms with Crippen LogP contribution in [0.5, 0.6) is 0 Å². The number of nitrogens with zero attached hydrogens (tertiary/aromatic N) is 1. The number of piperidine rings is 1. The summed E-state index contributed by atoms with van der Waals surface area (Å²) in [6, 6.07) is 2.64. The minimum absolute atomic E-state index is 0.468. The fourth-order valence-corrected chi connectivity index (χ4v) is 2.07. The molecule has 0 spiro atoms. The van der Waals surface area contributed by atoms with Gasteiger partial charge in [-0.15, -0.1) is 0 Å². The first-order valence-electron chi connectivity index (χ1n) is 5.13. The molecule has 76 valence electrons. The van der Waals surface area contributed by atoms with Crippen molar-refractivity contribution < 1.29 is 0 Å². The first-order valence-corrected chi connectivity index (χ1v) is 5.92. The van der Waals surface area contributed by atoms with Crippen LogP contribution in [0, 0.1) is 6.92 Å². The minimum Gasteiger partial charge on any atom is -0.309 e. The van der Waals surface area contributed by atoms with Crippen LogP contribution < -0.4 is 5.32 Å². The number of pyridine rings is 1. The van der Waals surface area contributed by atoms with Crippen molar-refractivity contribution >= 4 is 15.9 Å². The van der Waals surface area contributed by atoms with Crippen molar-refractivity contribution in [3.63, 3.8) is 0 Å². The van der Waals surface area contributed by atoms with Crippen LogP contribution in [0.4, 0.5) is 0 Å². The van der Waals surface area contributed by atoms with E-state index in [1.54, 1.807) is 0 Å². The normalized spacial score (nSPS) is 22.3. The largest absolute Gasteiger partial charge is 0.309 e. The van der Waals surface area contributed by atoms with Gasteiger partial charge in [0.1, 0.15) is 0 Å². The molecule has 0 radical (unpaired) electrons. The van der Waals surface area contributed by atoms with E-state index < -0.39 is 0 Å². The van der Waals surface area contributed by atoms with Gasteiger partial charge in [-0.3, -0.25) is 4.98 Å². The van der Waals surface area contributed by atoms with E-state index in [4.69, 9.17) is 0 Å². The Kier molecular flexibility index (Phi) is 3.19. The number of aryl methyl sites for hydroxylation is 1. The maximum absolute atomic E-state index is 4.45. The maximum atomic E-state index is 4.45. The molecule has 0 aromatic carbocycles. The van der Waals surface area contributed by atoms with Crippen LogP contribution in [-0.2, 0) is 0 Å². The first kappa shape index (κ1) is 10.1. The number of hydrogen-bond donors (Lipinski definition) is 1. The molecule has 3 heteroatoms. The van der Waals surface area contributed by atoms with Gasteiger partial charge in [0, 0.05) is 16.7 Å². The van der Waals surface area contributed by atoms with Crippen molar-refractivity contribution in [2.24, 2.45) is 0 Å². The second kappa shape index (κ2) is 4.41. The van der Waals surface area contributed by atoms with E-state index in [0.29, 0.717) is 6.04 Å². The summed E-state index contributed by atoms with van der Waals surface area (Å²) < 4.78 is 1.09. The average Bonchev–Trinajstić information content (AvgIpc) is 2.23. The molecule has 0 aliphatic carbocycles. The highest BCUT2D eigenvalue weighted by Crippen LogP contribution is 2.24. The second-order valence-electron chi connectivity index (χ2n) is 3.86. The summed E-state index contributed by atoms with van der Waals surface area (Å²) in [5.74, 6) is 0. The number of halogens is 1. The van der Waals surface area contributed by atoms with E-state index in [2.05, 4.69) is 39.2 Å². The SMILES string of the molecule is Cc1cc([C@@H]2CCCCN2)ncc1Br. The van der Waals surface area contributed by atoms with Crippen LogP contribution in [0.3, 0.4) is 0 Å². The van der Waals surface area contributed by atoms with Gasteiger partial charge in [0.05, 0.1) is 5.69 Å². The third-order valence-electron chi connectivity index (χ3n) is 2.74. The van der Waals surface area contributed by atoms with Crippen LogP contribution in [0.15, 0.2) is 16.7 Å². The predicted molar refractivity (Wildman–Crippen MR) is 61.3 cm³/mol. The summed E-state index contributed by atoms with van der Waals surface area (Å²) in [5.41, 5.74) is 2.45. The lowest BCUT2D eigenvalue weighted by Crippen LogP contribution is -2.27. The van der Waals surface area contributed by atoms with Gasteiger partial charge in [0.15, 0.2) is 0 Å². The van der Waals surface area contributed by atoms with Crippen molar-refractivity contribution in [1.29, 1.82) is 0 Å². The first-order chi connectivity index (χ1) is 6.77. The van der Waals surface area contributed by atoms with Gasteiger partial charge in [0.25, 0.3) is 0 Å². The third kappa shape index (κ3) is 2.15. The second-order valence-corrected chi connectivity index (χ2v) is 4.72. The molecule has 2 rings (SSSR count). The molecule has 1 saturated heterocycles. The summed E-state index contributed by atoms with van der Waals surface area (Å²) in [6.07, 6.45) is 5.73. The fraction of sp³-hybridized carbons (Fsp3) is 0.545. The van der Waals surface area contributed by atoms with E-state index in [0.717, 1.165) is 11.0 Å².